The van der Waals surface area contributed by atoms with Crippen LogP contribution in [0.3, 0.4) is 0 Å². The molecule has 1 N–H and O–H groups in total. The van der Waals surface area contributed by atoms with Crippen molar-refractivity contribution >= 4 is 5.97 Å². The van der Waals surface area contributed by atoms with Gasteiger partial charge in [-0.2, -0.15) is 0 Å². The summed E-state index contributed by atoms with van der Waals surface area (Å²) in [6.07, 6.45) is 10.6. The van der Waals surface area contributed by atoms with E-state index in [1.807, 2.05) is 24.3 Å². The van der Waals surface area contributed by atoms with Gasteiger partial charge in [0, 0.05) is 0 Å². The Labute approximate surface area is 94.1 Å². The summed E-state index contributed by atoms with van der Waals surface area (Å²) in [5, 5.41) is 9.24. The van der Waals surface area contributed by atoms with Gasteiger partial charge < -0.3 is 9.84 Å². The van der Waals surface area contributed by atoms with Gasteiger partial charge in [0.2, 0.25) is 0 Å². The Morgan fingerprint density at radius 1 is 1.38 bits per heavy atom. The highest BCUT2D eigenvalue weighted by molar-refractivity contribution is 5.75. The Kier molecular flexibility index (Phi) is 2.21. The summed E-state index contributed by atoms with van der Waals surface area (Å²) in [5.74, 6) is -1.05. The van der Waals surface area contributed by atoms with Crippen molar-refractivity contribution in [1.29, 1.82) is 0 Å². The molecule has 1 heterocycles. The molecule has 3 atom stereocenters. The van der Waals surface area contributed by atoms with Crippen molar-refractivity contribution < 1.29 is 14.6 Å². The van der Waals surface area contributed by atoms with E-state index >= 15 is 0 Å². The number of allylic oxidation sites excluding steroid dienone is 2. The predicted octanol–water partition coefficient (Wildman–Crippen LogP) is 2.06. The molecule has 0 bridgehead atoms. The van der Waals surface area contributed by atoms with Gasteiger partial charge in [-0.05, 0) is 30.4 Å². The molecule has 0 aromatic rings. The number of hydrogen-bond donors (Lipinski definition) is 1. The van der Waals surface area contributed by atoms with Crippen LogP contribution in [0.5, 0.6) is 0 Å². The zero-order valence-electron chi connectivity index (χ0n) is 8.93. The Bertz CT molecular complexity index is 417. The standard InChI is InChI=1S/C13H14O3/c14-13(15)9-5-3-7-11-12(9)8-4-1-2-6-10(8)16-11/h1-2,4,6,9-11H,3,5,7H2,(H,14,15). The molecule has 0 aromatic carbocycles. The lowest BCUT2D eigenvalue weighted by atomic mass is 9.80. The predicted molar refractivity (Wildman–Crippen MR) is 58.9 cm³/mol. The second-order valence-electron chi connectivity index (χ2n) is 4.52. The summed E-state index contributed by atoms with van der Waals surface area (Å²) >= 11 is 0. The summed E-state index contributed by atoms with van der Waals surface area (Å²) in [4.78, 5) is 11.2. The third-order valence-electron chi connectivity index (χ3n) is 3.60. The first-order valence-corrected chi connectivity index (χ1v) is 5.74. The monoisotopic (exact) mass is 218 g/mol. The van der Waals surface area contributed by atoms with Gasteiger partial charge in [-0.25, -0.2) is 0 Å². The third kappa shape index (κ3) is 1.35. The van der Waals surface area contributed by atoms with Crippen LogP contribution in [0.2, 0.25) is 0 Å². The molecule has 3 unspecified atom stereocenters. The SMILES string of the molecule is O=C(O)C1CCCC2OC3C=CC=CC3=C21. The van der Waals surface area contributed by atoms with Crippen molar-refractivity contribution in [2.24, 2.45) is 5.92 Å². The van der Waals surface area contributed by atoms with Crippen LogP contribution in [-0.4, -0.2) is 23.3 Å². The molecule has 3 rings (SSSR count). The van der Waals surface area contributed by atoms with E-state index in [1.165, 1.54) is 0 Å². The average Bonchev–Trinajstić information content (AvgIpc) is 2.66. The van der Waals surface area contributed by atoms with Gasteiger partial charge in [-0.1, -0.05) is 24.3 Å². The molecule has 16 heavy (non-hydrogen) atoms. The Balaban J connectivity index is 2.04. The van der Waals surface area contributed by atoms with Crippen molar-refractivity contribution in [3.63, 3.8) is 0 Å². The number of fused-ring (bicyclic) bond motifs is 2. The van der Waals surface area contributed by atoms with Gasteiger partial charge in [-0.3, -0.25) is 4.79 Å². The van der Waals surface area contributed by atoms with Crippen LogP contribution < -0.4 is 0 Å². The first-order chi connectivity index (χ1) is 7.77. The number of carbonyl (C=O) groups is 1. The molecule has 0 radical (unpaired) electrons. The molecule has 3 heteroatoms. The van der Waals surface area contributed by atoms with Crippen LogP contribution >= 0.6 is 0 Å². The molecule has 0 saturated heterocycles. The van der Waals surface area contributed by atoms with E-state index in [2.05, 4.69) is 0 Å². The highest BCUT2D eigenvalue weighted by Gasteiger charge is 2.41. The largest absolute Gasteiger partial charge is 0.481 e. The molecule has 0 aromatic heterocycles. The summed E-state index contributed by atoms with van der Waals surface area (Å²) in [6, 6.07) is 0. The van der Waals surface area contributed by atoms with Crippen molar-refractivity contribution in [3.8, 4) is 0 Å². The highest BCUT2D eigenvalue weighted by atomic mass is 16.5. The van der Waals surface area contributed by atoms with Gasteiger partial charge >= 0.3 is 5.97 Å². The molecule has 3 aliphatic rings. The van der Waals surface area contributed by atoms with E-state index in [0.29, 0.717) is 0 Å². The fourth-order valence-electron chi connectivity index (χ4n) is 2.91. The van der Waals surface area contributed by atoms with E-state index in [0.717, 1.165) is 30.4 Å². The van der Waals surface area contributed by atoms with Crippen molar-refractivity contribution in [3.05, 3.63) is 35.5 Å². The van der Waals surface area contributed by atoms with Gasteiger partial charge in [0.15, 0.2) is 0 Å². The quantitative estimate of drug-likeness (QED) is 0.732. The third-order valence-corrected chi connectivity index (χ3v) is 3.60. The lowest BCUT2D eigenvalue weighted by Gasteiger charge is -2.26. The smallest absolute Gasteiger partial charge is 0.310 e. The fourth-order valence-corrected chi connectivity index (χ4v) is 2.91. The average molecular weight is 218 g/mol. The van der Waals surface area contributed by atoms with Crippen LogP contribution in [0.15, 0.2) is 35.5 Å². The van der Waals surface area contributed by atoms with Crippen molar-refractivity contribution in [2.75, 3.05) is 0 Å². The minimum absolute atomic E-state index is 0.00931. The maximum Gasteiger partial charge on any atom is 0.310 e. The van der Waals surface area contributed by atoms with Gasteiger partial charge in [0.25, 0.3) is 0 Å². The fraction of sp³-hybridized carbons (Fsp3) is 0.462. The highest BCUT2D eigenvalue weighted by Crippen LogP contribution is 2.42. The molecule has 1 fully saturated rings. The van der Waals surface area contributed by atoms with Gasteiger partial charge in [0.1, 0.15) is 6.10 Å². The minimum Gasteiger partial charge on any atom is -0.481 e. The second-order valence-corrected chi connectivity index (χ2v) is 4.52. The first kappa shape index (κ1) is 9.85. The number of carboxylic acid groups (broad SMARTS) is 1. The zero-order chi connectivity index (χ0) is 11.1. The molecular weight excluding hydrogens is 204 g/mol. The number of ether oxygens (including phenoxy) is 1. The van der Waals surface area contributed by atoms with Crippen LogP contribution in [0.4, 0.5) is 0 Å². The maximum absolute atomic E-state index is 11.2. The Morgan fingerprint density at radius 3 is 3.06 bits per heavy atom. The van der Waals surface area contributed by atoms with Crippen LogP contribution in [0, 0.1) is 5.92 Å². The minimum atomic E-state index is -0.709. The molecule has 0 spiro atoms. The molecule has 1 aliphatic heterocycles. The molecule has 84 valence electrons. The summed E-state index contributed by atoms with van der Waals surface area (Å²) in [5.41, 5.74) is 2.10. The summed E-state index contributed by atoms with van der Waals surface area (Å²) in [7, 11) is 0. The Hall–Kier alpha value is -1.35. The lowest BCUT2D eigenvalue weighted by molar-refractivity contribution is -0.141. The van der Waals surface area contributed by atoms with E-state index in [-0.39, 0.29) is 18.1 Å². The number of aliphatic carboxylic acids is 1. The van der Waals surface area contributed by atoms with Crippen molar-refractivity contribution in [1.82, 2.24) is 0 Å². The lowest BCUT2D eigenvalue weighted by Crippen LogP contribution is -2.28. The number of hydrogen-bond acceptors (Lipinski definition) is 2. The second kappa shape index (κ2) is 3.59. The topological polar surface area (TPSA) is 46.5 Å². The normalized spacial score (nSPS) is 36.1. The molecule has 1 saturated carbocycles. The van der Waals surface area contributed by atoms with Crippen LogP contribution in [0.25, 0.3) is 0 Å². The Morgan fingerprint density at radius 2 is 2.25 bits per heavy atom. The van der Waals surface area contributed by atoms with Gasteiger partial charge in [-0.15, -0.1) is 0 Å². The zero-order valence-corrected chi connectivity index (χ0v) is 8.93. The van der Waals surface area contributed by atoms with E-state index in [4.69, 9.17) is 4.74 Å². The van der Waals surface area contributed by atoms with Crippen LogP contribution in [0.1, 0.15) is 19.3 Å². The van der Waals surface area contributed by atoms with E-state index in [1.54, 1.807) is 0 Å². The maximum atomic E-state index is 11.2. The molecule has 3 nitrogen and oxygen atoms in total. The molecular formula is C13H14O3. The van der Waals surface area contributed by atoms with Crippen molar-refractivity contribution in [2.45, 2.75) is 31.5 Å². The molecule has 0 amide bonds. The number of carboxylic acids is 1. The first-order valence-electron chi connectivity index (χ1n) is 5.74. The van der Waals surface area contributed by atoms with Crippen LogP contribution in [-0.2, 0) is 9.53 Å². The van der Waals surface area contributed by atoms with E-state index < -0.39 is 5.97 Å². The summed E-state index contributed by atoms with van der Waals surface area (Å²) < 4.78 is 5.87. The molecule has 2 aliphatic carbocycles. The van der Waals surface area contributed by atoms with E-state index in [9.17, 15) is 9.90 Å². The van der Waals surface area contributed by atoms with Gasteiger partial charge in [0.05, 0.1) is 12.0 Å². The number of rotatable bonds is 1. The summed E-state index contributed by atoms with van der Waals surface area (Å²) in [6.45, 7) is 0.